The molecule has 0 saturated carbocycles. The Balaban J connectivity index is 1.25. The van der Waals surface area contributed by atoms with Crippen LogP contribution in [0.3, 0.4) is 0 Å². The number of carbonyl (C=O) groups excluding carboxylic acids is 2. The van der Waals surface area contributed by atoms with Crippen molar-refractivity contribution in [3.05, 3.63) is 95.1 Å². The highest BCUT2D eigenvalue weighted by atomic mass is 16.7. The van der Waals surface area contributed by atoms with E-state index in [2.05, 4.69) is 51.9 Å². The van der Waals surface area contributed by atoms with Crippen molar-refractivity contribution >= 4 is 12.0 Å². The molecule has 3 unspecified atom stereocenters. The van der Waals surface area contributed by atoms with Gasteiger partial charge in [-0.1, -0.05) is 86.0 Å². The van der Waals surface area contributed by atoms with Gasteiger partial charge in [-0.05, 0) is 66.7 Å². The molecule has 46 heavy (non-hydrogen) atoms. The number of ether oxygens (including phenoxy) is 3. The van der Waals surface area contributed by atoms with Crippen LogP contribution in [0.25, 0.3) is 11.1 Å². The zero-order valence-corrected chi connectivity index (χ0v) is 26.8. The molecule has 2 heterocycles. The van der Waals surface area contributed by atoms with Crippen molar-refractivity contribution in [2.24, 2.45) is 0 Å². The third-order valence-corrected chi connectivity index (χ3v) is 8.62. The van der Waals surface area contributed by atoms with Crippen molar-refractivity contribution in [1.29, 1.82) is 0 Å². The van der Waals surface area contributed by atoms with Crippen molar-refractivity contribution in [2.75, 3.05) is 32.8 Å². The number of rotatable bonds is 11. The van der Waals surface area contributed by atoms with Crippen LogP contribution in [0.1, 0.15) is 80.1 Å². The smallest absolute Gasteiger partial charge is 0.325 e. The van der Waals surface area contributed by atoms with Crippen molar-refractivity contribution in [3.8, 4) is 11.1 Å². The minimum atomic E-state index is -0.492. The second-order valence-corrected chi connectivity index (χ2v) is 12.1. The monoisotopic (exact) mass is 629 g/mol. The lowest BCUT2D eigenvalue weighted by Gasteiger charge is -2.38. The molecule has 0 aliphatic carbocycles. The Bertz CT molecular complexity index is 1390. The third kappa shape index (κ3) is 9.87. The highest BCUT2D eigenvalue weighted by molar-refractivity contribution is 5.80. The van der Waals surface area contributed by atoms with E-state index in [4.69, 9.17) is 14.2 Å². The third-order valence-electron chi connectivity index (χ3n) is 8.62. The summed E-state index contributed by atoms with van der Waals surface area (Å²) in [6.45, 7) is 5.29. The predicted molar refractivity (Wildman–Crippen MR) is 177 cm³/mol. The van der Waals surface area contributed by atoms with Crippen molar-refractivity contribution in [2.45, 2.75) is 77.1 Å². The number of benzene rings is 3. The number of amides is 2. The number of esters is 1. The molecule has 0 bridgehead atoms. The molecule has 3 aromatic rings. The summed E-state index contributed by atoms with van der Waals surface area (Å²) < 4.78 is 18.1. The molecule has 5 rings (SSSR count). The van der Waals surface area contributed by atoms with E-state index in [9.17, 15) is 14.7 Å². The van der Waals surface area contributed by atoms with Gasteiger partial charge in [0.15, 0.2) is 6.29 Å². The zero-order chi connectivity index (χ0) is 32.1. The van der Waals surface area contributed by atoms with Crippen LogP contribution in [0, 0.1) is 0 Å². The Hall–Kier alpha value is -3.76. The van der Waals surface area contributed by atoms with Gasteiger partial charge in [-0.2, -0.15) is 0 Å². The van der Waals surface area contributed by atoms with E-state index >= 15 is 0 Å². The number of nitrogens with zero attached hydrogens (tertiary/aromatic N) is 1. The van der Waals surface area contributed by atoms with Gasteiger partial charge in [-0.25, -0.2) is 4.79 Å². The van der Waals surface area contributed by atoms with Crippen LogP contribution in [-0.4, -0.2) is 60.9 Å². The summed E-state index contributed by atoms with van der Waals surface area (Å²) in [6.07, 6.45) is 6.63. The molecule has 2 saturated heterocycles. The Morgan fingerprint density at radius 1 is 0.848 bits per heavy atom. The molecule has 2 aliphatic heterocycles. The van der Waals surface area contributed by atoms with Gasteiger partial charge in [0.25, 0.3) is 0 Å². The van der Waals surface area contributed by atoms with Crippen LogP contribution in [0.4, 0.5) is 4.79 Å². The normalized spacial score (nSPS) is 20.7. The maximum atomic E-state index is 12.1. The lowest BCUT2D eigenvalue weighted by molar-refractivity contribution is -0.253. The Morgan fingerprint density at radius 3 is 2.28 bits per heavy atom. The molecule has 9 nitrogen and oxygen atoms in total. The number of urea groups is 1. The summed E-state index contributed by atoms with van der Waals surface area (Å²) in [4.78, 5) is 26.2. The lowest BCUT2D eigenvalue weighted by atomic mass is 9.98. The predicted octanol–water partition coefficient (Wildman–Crippen LogP) is 6.02. The average Bonchev–Trinajstić information content (AvgIpc) is 3.08. The highest BCUT2D eigenvalue weighted by Gasteiger charge is 2.33. The first-order chi connectivity index (χ1) is 22.5. The molecule has 2 aliphatic rings. The molecular weight excluding hydrogens is 582 g/mol. The van der Waals surface area contributed by atoms with E-state index in [-0.39, 0.29) is 32.0 Å². The SMILES string of the molecule is CCOC(=O)CNC(=O)NCc1cccc(-c2ccc(C3OC(CN4CCCCCCC4)CC(c4ccc(CO)cc4)O3)cc2)c1. The number of likely N-dealkylation sites (tertiary alicyclic amines) is 1. The fourth-order valence-electron chi connectivity index (χ4n) is 6.12. The van der Waals surface area contributed by atoms with Gasteiger partial charge < -0.3 is 34.9 Å². The van der Waals surface area contributed by atoms with E-state index in [0.717, 1.165) is 59.4 Å². The van der Waals surface area contributed by atoms with Crippen molar-refractivity contribution < 1.29 is 28.9 Å². The molecule has 0 radical (unpaired) electrons. The van der Waals surface area contributed by atoms with Crippen LogP contribution < -0.4 is 10.6 Å². The topological polar surface area (TPSA) is 109 Å². The Kier molecular flexibility index (Phi) is 12.6. The van der Waals surface area contributed by atoms with Crippen LogP contribution in [0.5, 0.6) is 0 Å². The Morgan fingerprint density at radius 2 is 1.57 bits per heavy atom. The van der Waals surface area contributed by atoms with Crippen LogP contribution in [0.15, 0.2) is 72.8 Å². The Labute approximate surface area is 272 Å². The summed E-state index contributed by atoms with van der Waals surface area (Å²) in [5, 5.41) is 14.8. The maximum absolute atomic E-state index is 12.1. The van der Waals surface area contributed by atoms with Gasteiger partial charge in [-0.15, -0.1) is 0 Å². The van der Waals surface area contributed by atoms with Crippen molar-refractivity contribution in [3.63, 3.8) is 0 Å². The van der Waals surface area contributed by atoms with Gasteiger partial charge in [0, 0.05) is 25.1 Å². The van der Waals surface area contributed by atoms with Crippen molar-refractivity contribution in [1.82, 2.24) is 15.5 Å². The molecule has 3 aromatic carbocycles. The summed E-state index contributed by atoms with van der Waals surface area (Å²) >= 11 is 0. The number of aliphatic hydroxyl groups is 1. The quantitative estimate of drug-likeness (QED) is 0.223. The number of hydrogen-bond donors (Lipinski definition) is 3. The number of carbonyl (C=O) groups is 2. The first-order valence-corrected chi connectivity index (χ1v) is 16.6. The van der Waals surface area contributed by atoms with E-state index in [1.165, 1.54) is 32.1 Å². The standard InChI is InChI=1S/C37H47N3O6/c1-2-44-35(42)24-39-37(43)38-23-28-9-8-10-32(21-28)29-15-17-31(18-16-29)36-45-33(25-40-19-6-4-3-5-7-20-40)22-34(46-36)30-13-11-27(26-41)12-14-30/h8-18,21,33-34,36,41H,2-7,19-20,22-26H2,1H3,(H2,38,39,43). The van der Waals surface area contributed by atoms with Gasteiger partial charge in [0.1, 0.15) is 6.54 Å². The zero-order valence-electron chi connectivity index (χ0n) is 26.8. The van der Waals surface area contributed by atoms with E-state index in [1.807, 2.05) is 36.4 Å². The van der Waals surface area contributed by atoms with Gasteiger partial charge in [-0.3, -0.25) is 4.79 Å². The largest absolute Gasteiger partial charge is 0.465 e. The minimum absolute atomic E-state index is 0.0212. The number of aliphatic hydroxyl groups excluding tert-OH is 1. The highest BCUT2D eigenvalue weighted by Crippen LogP contribution is 2.39. The maximum Gasteiger partial charge on any atom is 0.325 e. The molecule has 3 N–H and O–H groups in total. The molecule has 0 spiro atoms. The van der Waals surface area contributed by atoms with E-state index in [1.54, 1.807) is 6.92 Å². The number of nitrogens with one attached hydrogen (secondary N) is 2. The lowest BCUT2D eigenvalue weighted by Crippen LogP contribution is -2.40. The molecule has 246 valence electrons. The van der Waals surface area contributed by atoms with E-state index in [0.29, 0.717) is 6.54 Å². The second kappa shape index (κ2) is 17.2. The van der Waals surface area contributed by atoms with Crippen LogP contribution in [-0.2, 0) is 32.2 Å². The second-order valence-electron chi connectivity index (χ2n) is 12.1. The summed E-state index contributed by atoms with van der Waals surface area (Å²) in [7, 11) is 0. The van der Waals surface area contributed by atoms with Crippen LogP contribution in [0.2, 0.25) is 0 Å². The number of hydrogen-bond acceptors (Lipinski definition) is 7. The molecule has 2 fully saturated rings. The fraction of sp³-hybridized carbons (Fsp3) is 0.459. The fourth-order valence-corrected chi connectivity index (χ4v) is 6.12. The molecule has 0 aromatic heterocycles. The summed E-state index contributed by atoms with van der Waals surface area (Å²) in [6, 6.07) is 23.9. The van der Waals surface area contributed by atoms with Gasteiger partial charge in [0.2, 0.25) is 0 Å². The average molecular weight is 630 g/mol. The first-order valence-electron chi connectivity index (χ1n) is 16.6. The molecular formula is C37H47N3O6. The molecule has 2 amide bonds. The summed E-state index contributed by atoms with van der Waals surface area (Å²) in [5.41, 5.74) is 5.96. The first kappa shape index (κ1) is 33.6. The van der Waals surface area contributed by atoms with Gasteiger partial charge >= 0.3 is 12.0 Å². The molecule has 9 heteroatoms. The van der Waals surface area contributed by atoms with E-state index < -0.39 is 18.3 Å². The minimum Gasteiger partial charge on any atom is -0.465 e. The van der Waals surface area contributed by atoms with Gasteiger partial charge in [0.05, 0.1) is 25.4 Å². The molecule has 3 atom stereocenters. The summed E-state index contributed by atoms with van der Waals surface area (Å²) in [5.74, 6) is -0.470. The van der Waals surface area contributed by atoms with Crippen LogP contribution >= 0.6 is 0 Å².